The second-order valence-electron chi connectivity index (χ2n) is 5.64. The highest BCUT2D eigenvalue weighted by Gasteiger charge is 2.19. The summed E-state index contributed by atoms with van der Waals surface area (Å²) in [6, 6.07) is 15.5. The van der Waals surface area contributed by atoms with Gasteiger partial charge in [-0.2, -0.15) is 0 Å². The molecule has 6 nitrogen and oxygen atoms in total. The van der Waals surface area contributed by atoms with E-state index in [1.807, 2.05) is 54.7 Å². The van der Waals surface area contributed by atoms with Gasteiger partial charge in [0.15, 0.2) is 5.71 Å². The van der Waals surface area contributed by atoms with Gasteiger partial charge in [-0.1, -0.05) is 29.4 Å². The molecule has 0 saturated carbocycles. The average Bonchev–Trinajstić information content (AvgIpc) is 3.08. The second-order valence-corrected chi connectivity index (χ2v) is 5.64. The first-order valence-electron chi connectivity index (χ1n) is 8.08. The molecule has 0 aliphatic heterocycles. The molecule has 0 amide bonds. The number of rotatable bonds is 6. The Balaban J connectivity index is 2.01. The number of oxime groups is 1. The van der Waals surface area contributed by atoms with E-state index in [0.29, 0.717) is 12.1 Å². The Kier molecular flexibility index (Phi) is 5.22. The van der Waals surface area contributed by atoms with Gasteiger partial charge in [0.05, 0.1) is 14.2 Å². The standard InChI is InChI=1S/C20H20N2O4/c1-24-16-8-9-18-14(12-16)10-11-22(18)13-15-6-4-5-7-17(15)19(21-26-3)20(23)25-2/h4-12H,13H2,1-3H3. The predicted octanol–water partition coefficient (Wildman–Crippen LogP) is 3.22. The SMILES string of the molecule is CON=C(C(=O)OC)c1ccccc1Cn1ccc2cc(OC)ccc21. The Morgan fingerprint density at radius 2 is 1.88 bits per heavy atom. The van der Waals surface area contributed by atoms with Gasteiger partial charge in [0.1, 0.15) is 12.9 Å². The molecule has 0 radical (unpaired) electrons. The zero-order chi connectivity index (χ0) is 18.5. The summed E-state index contributed by atoms with van der Waals surface area (Å²) in [7, 11) is 4.37. The Labute approximate surface area is 151 Å². The first-order chi connectivity index (χ1) is 12.7. The number of ether oxygens (including phenoxy) is 2. The van der Waals surface area contributed by atoms with E-state index in [9.17, 15) is 4.79 Å². The van der Waals surface area contributed by atoms with E-state index >= 15 is 0 Å². The molecule has 0 saturated heterocycles. The zero-order valence-corrected chi connectivity index (χ0v) is 14.9. The van der Waals surface area contributed by atoms with Crippen LogP contribution in [0.15, 0.2) is 59.9 Å². The molecular formula is C20H20N2O4. The lowest BCUT2D eigenvalue weighted by Gasteiger charge is -2.12. The summed E-state index contributed by atoms with van der Waals surface area (Å²) in [5.74, 6) is 0.275. The Morgan fingerprint density at radius 1 is 1.08 bits per heavy atom. The summed E-state index contributed by atoms with van der Waals surface area (Å²) in [6.45, 7) is 0.575. The number of hydrogen-bond donors (Lipinski definition) is 0. The fraction of sp³-hybridized carbons (Fsp3) is 0.200. The van der Waals surface area contributed by atoms with Crippen molar-refractivity contribution in [2.45, 2.75) is 6.54 Å². The van der Waals surface area contributed by atoms with Crippen molar-refractivity contribution in [3.8, 4) is 5.75 Å². The lowest BCUT2D eigenvalue weighted by molar-refractivity contribution is -0.132. The number of hydrogen-bond acceptors (Lipinski definition) is 5. The van der Waals surface area contributed by atoms with E-state index in [-0.39, 0.29) is 5.71 Å². The van der Waals surface area contributed by atoms with Gasteiger partial charge in [-0.25, -0.2) is 4.79 Å². The fourth-order valence-electron chi connectivity index (χ4n) is 2.90. The lowest BCUT2D eigenvalue weighted by atomic mass is 10.0. The van der Waals surface area contributed by atoms with Crippen LogP contribution in [-0.2, 0) is 20.9 Å². The van der Waals surface area contributed by atoms with Crippen molar-refractivity contribution < 1.29 is 19.1 Å². The van der Waals surface area contributed by atoms with Gasteiger partial charge < -0.3 is 18.9 Å². The van der Waals surface area contributed by atoms with E-state index in [1.165, 1.54) is 14.2 Å². The van der Waals surface area contributed by atoms with Crippen LogP contribution in [-0.4, -0.2) is 37.6 Å². The highest BCUT2D eigenvalue weighted by Crippen LogP contribution is 2.23. The molecule has 2 aromatic carbocycles. The van der Waals surface area contributed by atoms with E-state index in [2.05, 4.69) is 9.72 Å². The molecule has 0 atom stereocenters. The Bertz CT molecular complexity index is 959. The van der Waals surface area contributed by atoms with Gasteiger partial charge >= 0.3 is 5.97 Å². The molecule has 3 aromatic rings. The smallest absolute Gasteiger partial charge is 0.360 e. The minimum atomic E-state index is -0.540. The van der Waals surface area contributed by atoms with Gasteiger partial charge in [-0.3, -0.25) is 0 Å². The molecular weight excluding hydrogens is 332 g/mol. The molecule has 3 rings (SSSR count). The molecule has 0 aliphatic rings. The maximum absolute atomic E-state index is 12.1. The van der Waals surface area contributed by atoms with Crippen LogP contribution in [0.25, 0.3) is 10.9 Å². The Hall–Kier alpha value is -3.28. The van der Waals surface area contributed by atoms with E-state index in [0.717, 1.165) is 22.2 Å². The third-order valence-corrected chi connectivity index (χ3v) is 4.15. The normalized spacial score (nSPS) is 11.4. The van der Waals surface area contributed by atoms with E-state index in [1.54, 1.807) is 7.11 Å². The number of esters is 1. The quantitative estimate of drug-likeness (QED) is 0.388. The highest BCUT2D eigenvalue weighted by atomic mass is 16.6. The van der Waals surface area contributed by atoms with Gasteiger partial charge in [-0.05, 0) is 29.8 Å². The summed E-state index contributed by atoms with van der Waals surface area (Å²) in [5.41, 5.74) is 2.83. The summed E-state index contributed by atoms with van der Waals surface area (Å²) >= 11 is 0. The topological polar surface area (TPSA) is 62.0 Å². The molecule has 0 bridgehead atoms. The molecule has 6 heteroatoms. The van der Waals surface area contributed by atoms with Crippen molar-refractivity contribution in [1.29, 1.82) is 0 Å². The van der Waals surface area contributed by atoms with Crippen LogP contribution in [0, 0.1) is 0 Å². The number of carbonyl (C=O) groups excluding carboxylic acids is 1. The number of carbonyl (C=O) groups is 1. The summed E-state index contributed by atoms with van der Waals surface area (Å²) in [5, 5.41) is 4.94. The first-order valence-corrected chi connectivity index (χ1v) is 8.08. The number of methoxy groups -OCH3 is 2. The number of aromatic nitrogens is 1. The first kappa shape index (κ1) is 17.5. The fourth-order valence-corrected chi connectivity index (χ4v) is 2.90. The summed E-state index contributed by atoms with van der Waals surface area (Å²) < 4.78 is 12.2. The third kappa shape index (κ3) is 3.39. The molecule has 1 aromatic heterocycles. The van der Waals surface area contributed by atoms with Gasteiger partial charge in [0.2, 0.25) is 0 Å². The highest BCUT2D eigenvalue weighted by molar-refractivity contribution is 6.43. The molecule has 134 valence electrons. The largest absolute Gasteiger partial charge is 0.497 e. The molecule has 0 N–H and O–H groups in total. The maximum Gasteiger partial charge on any atom is 0.360 e. The molecule has 26 heavy (non-hydrogen) atoms. The lowest BCUT2D eigenvalue weighted by Crippen LogP contribution is -2.20. The maximum atomic E-state index is 12.1. The van der Waals surface area contributed by atoms with Crippen molar-refractivity contribution >= 4 is 22.6 Å². The molecule has 0 spiro atoms. The van der Waals surface area contributed by atoms with Crippen LogP contribution in [0.2, 0.25) is 0 Å². The summed E-state index contributed by atoms with van der Waals surface area (Å²) in [6.07, 6.45) is 2.01. The van der Waals surface area contributed by atoms with Crippen LogP contribution >= 0.6 is 0 Å². The molecule has 0 unspecified atom stereocenters. The van der Waals surface area contributed by atoms with E-state index < -0.39 is 5.97 Å². The van der Waals surface area contributed by atoms with Gasteiger partial charge in [0.25, 0.3) is 0 Å². The van der Waals surface area contributed by atoms with Crippen LogP contribution < -0.4 is 4.74 Å². The number of nitrogens with zero attached hydrogens (tertiary/aromatic N) is 2. The number of fused-ring (bicyclic) bond motifs is 1. The molecule has 0 aliphatic carbocycles. The minimum absolute atomic E-state index is 0.142. The molecule has 0 fully saturated rings. The zero-order valence-electron chi connectivity index (χ0n) is 14.9. The number of benzene rings is 2. The Morgan fingerprint density at radius 3 is 2.62 bits per heavy atom. The third-order valence-electron chi connectivity index (χ3n) is 4.15. The van der Waals surface area contributed by atoms with Crippen molar-refractivity contribution in [3.63, 3.8) is 0 Å². The van der Waals surface area contributed by atoms with Crippen molar-refractivity contribution in [1.82, 2.24) is 4.57 Å². The monoisotopic (exact) mass is 352 g/mol. The predicted molar refractivity (Wildman–Crippen MR) is 99.6 cm³/mol. The molecule has 1 heterocycles. The van der Waals surface area contributed by atoms with Crippen molar-refractivity contribution in [2.24, 2.45) is 5.16 Å². The van der Waals surface area contributed by atoms with Crippen molar-refractivity contribution in [2.75, 3.05) is 21.3 Å². The summed E-state index contributed by atoms with van der Waals surface area (Å²) in [4.78, 5) is 16.9. The van der Waals surface area contributed by atoms with Crippen LogP contribution in [0.5, 0.6) is 5.75 Å². The van der Waals surface area contributed by atoms with Crippen LogP contribution in [0.3, 0.4) is 0 Å². The minimum Gasteiger partial charge on any atom is -0.497 e. The van der Waals surface area contributed by atoms with E-state index in [4.69, 9.17) is 14.3 Å². The average molecular weight is 352 g/mol. The van der Waals surface area contributed by atoms with Gasteiger partial charge in [-0.15, -0.1) is 0 Å². The van der Waals surface area contributed by atoms with Crippen LogP contribution in [0.4, 0.5) is 0 Å². The van der Waals surface area contributed by atoms with Crippen molar-refractivity contribution in [3.05, 3.63) is 65.9 Å². The second kappa shape index (κ2) is 7.74. The van der Waals surface area contributed by atoms with Gasteiger partial charge in [0, 0.05) is 29.2 Å². The van der Waals surface area contributed by atoms with Crippen LogP contribution in [0.1, 0.15) is 11.1 Å².